The summed E-state index contributed by atoms with van der Waals surface area (Å²) in [6.07, 6.45) is 0.140. The van der Waals surface area contributed by atoms with E-state index in [2.05, 4.69) is 0 Å². The van der Waals surface area contributed by atoms with E-state index in [4.69, 9.17) is 26.8 Å². The molecule has 1 aromatic rings. The molecule has 4 nitrogen and oxygen atoms in total. The molecule has 3 N–H and O–H groups in total. The topological polar surface area (TPSA) is 64.7 Å². The highest BCUT2D eigenvalue weighted by molar-refractivity contribution is 6.32. The van der Waals surface area contributed by atoms with Crippen molar-refractivity contribution in [3.63, 3.8) is 0 Å². The minimum atomic E-state index is -0.667. The molecule has 1 rings (SSSR count). The van der Waals surface area contributed by atoms with Crippen molar-refractivity contribution in [3.8, 4) is 5.75 Å². The highest BCUT2D eigenvalue weighted by Crippen LogP contribution is 2.25. The van der Waals surface area contributed by atoms with Gasteiger partial charge in [-0.3, -0.25) is 0 Å². The monoisotopic (exact) mass is 259 g/mol. The van der Waals surface area contributed by atoms with Gasteiger partial charge in [-0.15, -0.1) is 0 Å². The first kappa shape index (κ1) is 14.3. The summed E-state index contributed by atoms with van der Waals surface area (Å²) in [6.45, 7) is 0.972. The quantitative estimate of drug-likeness (QED) is 0.773. The summed E-state index contributed by atoms with van der Waals surface area (Å²) in [7, 11) is 1.66. The number of aliphatic hydroxyl groups excluding tert-OH is 1. The molecular weight excluding hydrogens is 242 g/mol. The Labute approximate surface area is 106 Å². The van der Waals surface area contributed by atoms with Crippen LogP contribution >= 0.6 is 11.6 Å². The van der Waals surface area contributed by atoms with Crippen LogP contribution in [-0.4, -0.2) is 38.1 Å². The molecule has 0 aromatic heterocycles. The predicted molar refractivity (Wildman–Crippen MR) is 67.6 cm³/mol. The van der Waals surface area contributed by atoms with Crippen LogP contribution in [0.4, 0.5) is 0 Å². The molecule has 0 amide bonds. The summed E-state index contributed by atoms with van der Waals surface area (Å²) in [4.78, 5) is 0. The molecule has 1 unspecified atom stereocenters. The van der Waals surface area contributed by atoms with Gasteiger partial charge in [0, 0.05) is 13.7 Å². The second kappa shape index (κ2) is 7.50. The highest BCUT2D eigenvalue weighted by atomic mass is 35.5. The van der Waals surface area contributed by atoms with E-state index >= 15 is 0 Å². The molecule has 0 saturated heterocycles. The van der Waals surface area contributed by atoms with Gasteiger partial charge in [0.25, 0.3) is 0 Å². The van der Waals surface area contributed by atoms with Crippen LogP contribution in [0.5, 0.6) is 5.75 Å². The number of nitrogens with two attached hydrogens (primary N) is 1. The number of methoxy groups -OCH3 is 1. The predicted octanol–water partition coefficient (Wildman–Crippen LogP) is 1.23. The first-order chi connectivity index (χ1) is 8.17. The fourth-order valence-electron chi connectivity index (χ4n) is 1.29. The van der Waals surface area contributed by atoms with Gasteiger partial charge >= 0.3 is 0 Å². The van der Waals surface area contributed by atoms with Crippen LogP contribution in [0.2, 0.25) is 5.02 Å². The van der Waals surface area contributed by atoms with Gasteiger partial charge in [-0.05, 0) is 24.1 Å². The second-order valence-corrected chi connectivity index (χ2v) is 4.12. The second-order valence-electron chi connectivity index (χ2n) is 3.71. The van der Waals surface area contributed by atoms with E-state index < -0.39 is 6.10 Å². The lowest BCUT2D eigenvalue weighted by Gasteiger charge is -2.12. The van der Waals surface area contributed by atoms with Gasteiger partial charge in [-0.2, -0.15) is 0 Å². The Balaban J connectivity index is 2.56. The Kier molecular flexibility index (Phi) is 6.29. The number of aliphatic hydroxyl groups is 1. The van der Waals surface area contributed by atoms with Gasteiger partial charge in [0.2, 0.25) is 0 Å². The molecule has 0 heterocycles. The Bertz CT molecular complexity index is 347. The van der Waals surface area contributed by atoms with E-state index in [9.17, 15) is 5.11 Å². The zero-order valence-corrected chi connectivity index (χ0v) is 10.6. The maximum atomic E-state index is 9.27. The van der Waals surface area contributed by atoms with Crippen molar-refractivity contribution < 1.29 is 14.6 Å². The van der Waals surface area contributed by atoms with Crippen LogP contribution in [0, 0.1) is 0 Å². The number of benzene rings is 1. The summed E-state index contributed by atoms with van der Waals surface area (Å²) < 4.78 is 10.3. The standard InChI is InChI=1S/C12H18ClNO3/c1-16-5-4-9-2-3-12(11(13)6-9)17-8-10(15)7-14/h2-3,6,10,15H,4-5,7-8,14H2,1H3. The van der Waals surface area contributed by atoms with Gasteiger partial charge in [-0.1, -0.05) is 17.7 Å². The van der Waals surface area contributed by atoms with Gasteiger partial charge in [-0.25, -0.2) is 0 Å². The molecule has 0 aliphatic heterocycles. The van der Waals surface area contributed by atoms with Gasteiger partial charge in [0.05, 0.1) is 11.6 Å². The maximum Gasteiger partial charge on any atom is 0.138 e. The van der Waals surface area contributed by atoms with E-state index in [1.54, 1.807) is 13.2 Å². The molecule has 17 heavy (non-hydrogen) atoms. The Morgan fingerprint density at radius 2 is 2.24 bits per heavy atom. The third-order valence-electron chi connectivity index (χ3n) is 2.29. The highest BCUT2D eigenvalue weighted by Gasteiger charge is 2.06. The molecular formula is C12H18ClNO3. The molecule has 0 fully saturated rings. The fourth-order valence-corrected chi connectivity index (χ4v) is 1.55. The molecule has 0 saturated carbocycles. The summed E-state index contributed by atoms with van der Waals surface area (Å²) in [5.74, 6) is 0.556. The normalized spacial score (nSPS) is 12.5. The van der Waals surface area contributed by atoms with Crippen molar-refractivity contribution in [1.82, 2.24) is 0 Å². The zero-order valence-electron chi connectivity index (χ0n) is 9.86. The molecule has 1 aromatic carbocycles. The third kappa shape index (κ3) is 4.91. The van der Waals surface area contributed by atoms with Crippen LogP contribution in [0.1, 0.15) is 5.56 Å². The van der Waals surface area contributed by atoms with Crippen molar-refractivity contribution in [2.24, 2.45) is 5.73 Å². The Hall–Kier alpha value is -0.810. The summed E-state index contributed by atoms with van der Waals surface area (Å²) in [5, 5.41) is 9.80. The van der Waals surface area contributed by atoms with E-state index in [0.29, 0.717) is 17.4 Å². The van der Waals surface area contributed by atoms with Crippen molar-refractivity contribution in [2.45, 2.75) is 12.5 Å². The van der Waals surface area contributed by atoms with Crippen LogP contribution in [0.25, 0.3) is 0 Å². The molecule has 0 spiro atoms. The first-order valence-corrected chi connectivity index (χ1v) is 5.83. The zero-order chi connectivity index (χ0) is 12.7. The van der Waals surface area contributed by atoms with Crippen LogP contribution < -0.4 is 10.5 Å². The largest absolute Gasteiger partial charge is 0.489 e. The van der Waals surface area contributed by atoms with Gasteiger partial charge in [0.1, 0.15) is 18.5 Å². The van der Waals surface area contributed by atoms with Gasteiger partial charge in [0.15, 0.2) is 0 Å². The lowest BCUT2D eigenvalue weighted by Crippen LogP contribution is -2.26. The Morgan fingerprint density at radius 1 is 1.47 bits per heavy atom. The minimum absolute atomic E-state index is 0.146. The molecule has 96 valence electrons. The maximum absolute atomic E-state index is 9.27. The molecule has 0 aliphatic rings. The van der Waals surface area contributed by atoms with Gasteiger partial charge < -0.3 is 20.3 Å². The number of hydrogen-bond donors (Lipinski definition) is 2. The van der Waals surface area contributed by atoms with Crippen LogP contribution in [0.15, 0.2) is 18.2 Å². The van der Waals surface area contributed by atoms with Crippen molar-refractivity contribution >= 4 is 11.6 Å². The van der Waals surface area contributed by atoms with E-state index in [1.165, 1.54) is 0 Å². The summed E-state index contributed by atoms with van der Waals surface area (Å²) in [5.41, 5.74) is 6.36. The number of halogens is 1. The Morgan fingerprint density at radius 3 is 2.82 bits per heavy atom. The number of rotatable bonds is 7. The van der Waals surface area contributed by atoms with Crippen molar-refractivity contribution in [1.29, 1.82) is 0 Å². The molecule has 1 atom stereocenters. The molecule has 0 aliphatic carbocycles. The number of ether oxygens (including phenoxy) is 2. The average Bonchev–Trinajstić information content (AvgIpc) is 2.34. The molecule has 5 heteroatoms. The lowest BCUT2D eigenvalue weighted by molar-refractivity contribution is 0.114. The SMILES string of the molecule is COCCc1ccc(OCC(O)CN)c(Cl)c1. The minimum Gasteiger partial charge on any atom is -0.489 e. The smallest absolute Gasteiger partial charge is 0.138 e. The molecule has 0 radical (unpaired) electrons. The van der Waals surface area contributed by atoms with E-state index in [0.717, 1.165) is 12.0 Å². The van der Waals surface area contributed by atoms with Crippen LogP contribution in [0.3, 0.4) is 0 Å². The summed E-state index contributed by atoms with van der Waals surface area (Å²) >= 11 is 6.06. The molecule has 0 bridgehead atoms. The van der Waals surface area contributed by atoms with Crippen molar-refractivity contribution in [2.75, 3.05) is 26.9 Å². The van der Waals surface area contributed by atoms with Crippen LogP contribution in [-0.2, 0) is 11.2 Å². The van der Waals surface area contributed by atoms with Crippen molar-refractivity contribution in [3.05, 3.63) is 28.8 Å². The van der Waals surface area contributed by atoms with E-state index in [1.807, 2.05) is 12.1 Å². The first-order valence-electron chi connectivity index (χ1n) is 5.45. The third-order valence-corrected chi connectivity index (χ3v) is 2.59. The fraction of sp³-hybridized carbons (Fsp3) is 0.500. The lowest BCUT2D eigenvalue weighted by atomic mass is 10.1. The average molecular weight is 260 g/mol. The number of hydrogen-bond acceptors (Lipinski definition) is 4. The van der Waals surface area contributed by atoms with E-state index in [-0.39, 0.29) is 13.2 Å². The summed E-state index contributed by atoms with van der Waals surface area (Å²) in [6, 6.07) is 5.55.